The van der Waals surface area contributed by atoms with E-state index in [1.165, 1.54) is 10.5 Å². The van der Waals surface area contributed by atoms with Gasteiger partial charge in [0.2, 0.25) is 0 Å². The molecule has 4 heteroatoms. The molecule has 4 nitrogen and oxygen atoms in total. The number of hydrogen-bond acceptors (Lipinski definition) is 2. The predicted octanol–water partition coefficient (Wildman–Crippen LogP) is -0.672. The lowest BCUT2D eigenvalue weighted by molar-refractivity contribution is -0.904. The van der Waals surface area contributed by atoms with Crippen molar-refractivity contribution >= 4 is 5.91 Å². The van der Waals surface area contributed by atoms with Crippen LogP contribution in [0.2, 0.25) is 0 Å². The number of aryl methyl sites for hydroxylation is 1. The third-order valence-corrected chi connectivity index (χ3v) is 3.52. The Balaban J connectivity index is 1.93. The van der Waals surface area contributed by atoms with Crippen molar-refractivity contribution in [2.75, 3.05) is 39.3 Å². The van der Waals surface area contributed by atoms with Crippen LogP contribution in [0.15, 0.2) is 24.3 Å². The Morgan fingerprint density at radius 3 is 2.44 bits per heavy atom. The molecular weight excluding hydrogens is 228 g/mol. The first-order valence-electron chi connectivity index (χ1n) is 6.51. The van der Waals surface area contributed by atoms with Crippen LogP contribution < -0.4 is 4.90 Å². The van der Waals surface area contributed by atoms with E-state index in [0.29, 0.717) is 0 Å². The number of amides is 1. The fraction of sp³-hybridized carbons (Fsp3) is 0.500. The summed E-state index contributed by atoms with van der Waals surface area (Å²) in [7, 11) is 0. The molecule has 1 aliphatic heterocycles. The van der Waals surface area contributed by atoms with Gasteiger partial charge in [-0.3, -0.25) is 4.79 Å². The van der Waals surface area contributed by atoms with E-state index in [1.54, 1.807) is 0 Å². The van der Waals surface area contributed by atoms with Gasteiger partial charge < -0.3 is 14.9 Å². The quantitative estimate of drug-likeness (QED) is 0.746. The summed E-state index contributed by atoms with van der Waals surface area (Å²) in [4.78, 5) is 15.5. The van der Waals surface area contributed by atoms with E-state index in [-0.39, 0.29) is 12.5 Å². The summed E-state index contributed by atoms with van der Waals surface area (Å²) in [6.07, 6.45) is 0. The minimum atomic E-state index is 0.123. The molecule has 2 rings (SSSR count). The highest BCUT2D eigenvalue weighted by atomic mass is 16.3. The normalized spacial score (nSPS) is 16.9. The molecule has 1 saturated heterocycles. The molecule has 2 N–H and O–H groups in total. The van der Waals surface area contributed by atoms with Crippen LogP contribution in [0.1, 0.15) is 15.9 Å². The zero-order valence-corrected chi connectivity index (χ0v) is 10.9. The number of rotatable bonds is 3. The third-order valence-electron chi connectivity index (χ3n) is 3.52. The summed E-state index contributed by atoms with van der Waals surface area (Å²) in [6, 6.07) is 7.73. The van der Waals surface area contributed by atoms with Crippen molar-refractivity contribution in [1.82, 2.24) is 4.90 Å². The van der Waals surface area contributed by atoms with Gasteiger partial charge >= 0.3 is 0 Å². The van der Waals surface area contributed by atoms with E-state index >= 15 is 0 Å². The Labute approximate surface area is 108 Å². The highest BCUT2D eigenvalue weighted by Crippen LogP contribution is 2.07. The third kappa shape index (κ3) is 3.09. The van der Waals surface area contributed by atoms with Crippen molar-refractivity contribution in [3.63, 3.8) is 0 Å². The lowest BCUT2D eigenvalue weighted by Crippen LogP contribution is -3.15. The molecule has 0 radical (unpaired) electrons. The monoisotopic (exact) mass is 249 g/mol. The summed E-state index contributed by atoms with van der Waals surface area (Å²) >= 11 is 0. The van der Waals surface area contributed by atoms with Gasteiger partial charge in [-0.2, -0.15) is 0 Å². The van der Waals surface area contributed by atoms with E-state index in [2.05, 4.69) is 0 Å². The molecule has 0 saturated carbocycles. The number of hydrogen-bond donors (Lipinski definition) is 2. The van der Waals surface area contributed by atoms with Crippen molar-refractivity contribution in [3.05, 3.63) is 35.4 Å². The Kier molecular flexibility index (Phi) is 4.33. The van der Waals surface area contributed by atoms with Gasteiger partial charge in [0.05, 0.1) is 32.8 Å². The summed E-state index contributed by atoms with van der Waals surface area (Å²) in [5.74, 6) is 0.123. The zero-order valence-electron chi connectivity index (χ0n) is 10.9. The maximum atomic E-state index is 12.2. The smallest absolute Gasteiger partial charge is 0.254 e. The topological polar surface area (TPSA) is 45.0 Å². The van der Waals surface area contributed by atoms with Crippen LogP contribution in [0.25, 0.3) is 0 Å². The number of aliphatic hydroxyl groups is 1. The van der Waals surface area contributed by atoms with E-state index < -0.39 is 0 Å². The van der Waals surface area contributed by atoms with Gasteiger partial charge in [-0.25, -0.2) is 0 Å². The highest BCUT2D eigenvalue weighted by Gasteiger charge is 2.23. The fourth-order valence-electron chi connectivity index (χ4n) is 2.31. The molecule has 18 heavy (non-hydrogen) atoms. The molecule has 1 aliphatic rings. The SMILES string of the molecule is Cc1ccc(C(=O)N2CC[NH+](CCO)CC2)cc1. The molecular formula is C14H21N2O2+. The zero-order chi connectivity index (χ0) is 13.0. The Morgan fingerprint density at radius 1 is 1.28 bits per heavy atom. The number of nitrogens with one attached hydrogen (secondary N) is 1. The number of benzene rings is 1. The lowest BCUT2D eigenvalue weighted by atomic mass is 10.1. The number of quaternary nitrogens is 1. The number of carbonyl (C=O) groups excluding carboxylic acids is 1. The standard InChI is InChI=1S/C14H20N2O2/c1-12-2-4-13(5-3-12)14(18)16-8-6-15(7-9-16)10-11-17/h2-5,17H,6-11H2,1H3/p+1. The first-order chi connectivity index (χ1) is 8.70. The van der Waals surface area contributed by atoms with Crippen LogP contribution in [-0.2, 0) is 0 Å². The molecule has 0 aliphatic carbocycles. The molecule has 0 aromatic heterocycles. The highest BCUT2D eigenvalue weighted by molar-refractivity contribution is 5.94. The first-order valence-corrected chi connectivity index (χ1v) is 6.51. The Morgan fingerprint density at radius 2 is 1.89 bits per heavy atom. The average Bonchev–Trinajstić information content (AvgIpc) is 2.40. The second-order valence-electron chi connectivity index (χ2n) is 4.88. The Bertz CT molecular complexity index is 395. The number of piperazine rings is 1. The van der Waals surface area contributed by atoms with Crippen molar-refractivity contribution in [2.45, 2.75) is 6.92 Å². The Hall–Kier alpha value is -1.39. The van der Waals surface area contributed by atoms with E-state index in [4.69, 9.17) is 5.11 Å². The van der Waals surface area contributed by atoms with Crippen LogP contribution in [-0.4, -0.2) is 55.2 Å². The van der Waals surface area contributed by atoms with Crippen molar-refractivity contribution in [3.8, 4) is 0 Å². The minimum Gasteiger partial charge on any atom is -0.391 e. The molecule has 0 spiro atoms. The van der Waals surface area contributed by atoms with Gasteiger partial charge in [-0.15, -0.1) is 0 Å². The van der Waals surface area contributed by atoms with E-state index in [0.717, 1.165) is 38.3 Å². The fourth-order valence-corrected chi connectivity index (χ4v) is 2.31. The van der Waals surface area contributed by atoms with Gasteiger partial charge in [0.1, 0.15) is 6.54 Å². The van der Waals surface area contributed by atoms with Crippen molar-refractivity contribution < 1.29 is 14.8 Å². The lowest BCUT2D eigenvalue weighted by Gasteiger charge is -2.32. The molecule has 0 atom stereocenters. The van der Waals surface area contributed by atoms with Gasteiger partial charge in [-0.05, 0) is 19.1 Å². The summed E-state index contributed by atoms with van der Waals surface area (Å²) in [6.45, 7) is 6.44. The molecule has 1 aromatic carbocycles. The molecule has 1 amide bonds. The van der Waals surface area contributed by atoms with Crippen LogP contribution in [0.3, 0.4) is 0 Å². The second-order valence-corrected chi connectivity index (χ2v) is 4.88. The minimum absolute atomic E-state index is 0.123. The maximum Gasteiger partial charge on any atom is 0.254 e. The number of carbonyl (C=O) groups is 1. The molecule has 1 aromatic rings. The summed E-state index contributed by atoms with van der Waals surface area (Å²) < 4.78 is 0. The average molecular weight is 249 g/mol. The maximum absolute atomic E-state index is 12.2. The molecule has 0 bridgehead atoms. The molecule has 98 valence electrons. The van der Waals surface area contributed by atoms with Crippen LogP contribution in [0, 0.1) is 6.92 Å². The van der Waals surface area contributed by atoms with Crippen LogP contribution in [0.5, 0.6) is 0 Å². The van der Waals surface area contributed by atoms with Gasteiger partial charge in [0.15, 0.2) is 0 Å². The van der Waals surface area contributed by atoms with Crippen LogP contribution in [0.4, 0.5) is 0 Å². The van der Waals surface area contributed by atoms with Crippen LogP contribution >= 0.6 is 0 Å². The van der Waals surface area contributed by atoms with Crippen molar-refractivity contribution in [2.24, 2.45) is 0 Å². The van der Waals surface area contributed by atoms with E-state index in [1.807, 2.05) is 36.1 Å². The molecule has 1 fully saturated rings. The van der Waals surface area contributed by atoms with Gasteiger partial charge in [-0.1, -0.05) is 17.7 Å². The largest absolute Gasteiger partial charge is 0.391 e. The number of aliphatic hydroxyl groups excluding tert-OH is 1. The van der Waals surface area contributed by atoms with Gasteiger partial charge in [0.25, 0.3) is 5.91 Å². The van der Waals surface area contributed by atoms with Gasteiger partial charge in [0, 0.05) is 5.56 Å². The molecule has 0 unspecified atom stereocenters. The predicted molar refractivity (Wildman–Crippen MR) is 69.7 cm³/mol. The summed E-state index contributed by atoms with van der Waals surface area (Å²) in [5, 5.41) is 8.90. The second kappa shape index (κ2) is 5.98. The first kappa shape index (κ1) is 13.1. The molecule has 1 heterocycles. The number of nitrogens with zero attached hydrogens (tertiary/aromatic N) is 1. The summed E-state index contributed by atoms with van der Waals surface area (Å²) in [5.41, 5.74) is 1.94. The van der Waals surface area contributed by atoms with Crippen molar-refractivity contribution in [1.29, 1.82) is 0 Å². The van der Waals surface area contributed by atoms with E-state index in [9.17, 15) is 4.79 Å².